The molecule has 0 N–H and O–H groups in total. The number of hydrogen-bond acceptors (Lipinski definition) is 4. The first-order chi connectivity index (χ1) is 14.6. The summed E-state index contributed by atoms with van der Waals surface area (Å²) < 4.78 is 2.26. The lowest BCUT2D eigenvalue weighted by Crippen LogP contribution is -2.28. The summed E-state index contributed by atoms with van der Waals surface area (Å²) in [5, 5.41) is 9.72. The summed E-state index contributed by atoms with van der Waals surface area (Å²) in [4.78, 5) is 15.4. The van der Waals surface area contributed by atoms with E-state index in [0.717, 1.165) is 35.2 Å². The number of nitrogens with zero attached hydrogens (tertiary/aromatic N) is 4. The predicted molar refractivity (Wildman–Crippen MR) is 121 cm³/mol. The second-order valence-electron chi connectivity index (χ2n) is 8.37. The van der Waals surface area contributed by atoms with Gasteiger partial charge >= 0.3 is 0 Å². The van der Waals surface area contributed by atoms with Crippen LogP contribution < -0.4 is 4.90 Å². The molecule has 5 nitrogen and oxygen atoms in total. The first kappa shape index (κ1) is 19.4. The number of rotatable bonds is 5. The molecule has 1 fully saturated rings. The molecule has 1 saturated carbocycles. The molecule has 1 aromatic heterocycles. The number of thioether (sulfide) groups is 1. The number of amides is 1. The maximum atomic E-state index is 13.5. The Balaban J connectivity index is 1.45. The van der Waals surface area contributed by atoms with Gasteiger partial charge in [-0.3, -0.25) is 9.69 Å². The van der Waals surface area contributed by atoms with Crippen LogP contribution in [0.1, 0.15) is 55.6 Å². The highest BCUT2D eigenvalue weighted by Crippen LogP contribution is 2.41. The van der Waals surface area contributed by atoms with Crippen LogP contribution in [0.2, 0.25) is 0 Å². The van der Waals surface area contributed by atoms with E-state index in [-0.39, 0.29) is 5.91 Å². The predicted octanol–water partition coefficient (Wildman–Crippen LogP) is 5.29. The van der Waals surface area contributed by atoms with Crippen LogP contribution >= 0.6 is 11.8 Å². The van der Waals surface area contributed by atoms with Gasteiger partial charge in [-0.15, -0.1) is 10.2 Å². The largest absolute Gasteiger partial charge is 0.303 e. The van der Waals surface area contributed by atoms with Crippen LogP contribution in [0.3, 0.4) is 0 Å². The molecule has 5 rings (SSSR count). The number of benzene rings is 2. The average Bonchev–Trinajstić information content (AvgIpc) is 3.53. The van der Waals surface area contributed by atoms with Crippen molar-refractivity contribution in [1.29, 1.82) is 0 Å². The van der Waals surface area contributed by atoms with Crippen molar-refractivity contribution in [3.05, 3.63) is 65.5 Å². The molecule has 30 heavy (non-hydrogen) atoms. The van der Waals surface area contributed by atoms with E-state index in [4.69, 9.17) is 0 Å². The molecule has 2 aromatic carbocycles. The third-order valence-electron chi connectivity index (χ3n) is 5.82. The zero-order valence-corrected chi connectivity index (χ0v) is 18.2. The summed E-state index contributed by atoms with van der Waals surface area (Å²) in [6.45, 7) is 4.29. The zero-order chi connectivity index (χ0) is 20.7. The van der Waals surface area contributed by atoms with Crippen LogP contribution in [0.4, 0.5) is 11.4 Å². The Bertz CT molecular complexity index is 1040. The Morgan fingerprint density at radius 3 is 2.17 bits per heavy atom. The van der Waals surface area contributed by atoms with Crippen LogP contribution in [0, 0.1) is 0 Å². The van der Waals surface area contributed by atoms with Gasteiger partial charge in [0.25, 0.3) is 0 Å². The number of carbonyl (C=O) groups is 1. The summed E-state index contributed by atoms with van der Waals surface area (Å²) >= 11 is 1.51. The van der Waals surface area contributed by atoms with Crippen molar-refractivity contribution in [2.45, 2.75) is 56.6 Å². The molecule has 0 bridgehead atoms. The van der Waals surface area contributed by atoms with E-state index in [1.54, 1.807) is 0 Å². The molecular formula is C24H26N4OS. The molecule has 6 heteroatoms. The van der Waals surface area contributed by atoms with Gasteiger partial charge in [0.2, 0.25) is 5.91 Å². The average molecular weight is 419 g/mol. The Morgan fingerprint density at radius 2 is 1.60 bits per heavy atom. The number of carbonyl (C=O) groups excluding carboxylic acids is 1. The highest BCUT2D eigenvalue weighted by Gasteiger charge is 2.31. The van der Waals surface area contributed by atoms with E-state index < -0.39 is 0 Å². The van der Waals surface area contributed by atoms with Crippen LogP contribution in [-0.2, 0) is 17.6 Å². The fourth-order valence-corrected chi connectivity index (χ4v) is 5.06. The Labute approximate surface area is 181 Å². The van der Waals surface area contributed by atoms with Gasteiger partial charge in [-0.2, -0.15) is 0 Å². The van der Waals surface area contributed by atoms with Crippen molar-refractivity contribution < 1.29 is 4.79 Å². The van der Waals surface area contributed by atoms with Gasteiger partial charge in [0, 0.05) is 12.0 Å². The minimum atomic E-state index is 0.0817. The molecule has 1 aliphatic heterocycles. The van der Waals surface area contributed by atoms with E-state index in [0.29, 0.717) is 17.7 Å². The fourth-order valence-electron chi connectivity index (χ4n) is 4.20. The normalized spacial score (nSPS) is 15.6. The lowest BCUT2D eigenvalue weighted by atomic mass is 10.0. The topological polar surface area (TPSA) is 51.0 Å². The number of para-hydroxylation sites is 2. The van der Waals surface area contributed by atoms with Crippen molar-refractivity contribution in [2.24, 2.45) is 0 Å². The molecule has 154 valence electrons. The molecule has 0 spiro atoms. The number of aryl methyl sites for hydroxylation is 2. The Morgan fingerprint density at radius 1 is 1.00 bits per heavy atom. The van der Waals surface area contributed by atoms with E-state index >= 15 is 0 Å². The van der Waals surface area contributed by atoms with Crippen molar-refractivity contribution in [2.75, 3.05) is 10.7 Å². The molecule has 1 aliphatic carbocycles. The van der Waals surface area contributed by atoms with Gasteiger partial charge in [0.05, 0.1) is 17.1 Å². The molecular weight excluding hydrogens is 392 g/mol. The van der Waals surface area contributed by atoms with Gasteiger partial charge in [-0.25, -0.2) is 0 Å². The molecule has 2 heterocycles. The second kappa shape index (κ2) is 7.91. The monoisotopic (exact) mass is 418 g/mol. The lowest BCUT2D eigenvalue weighted by Gasteiger charge is -2.25. The van der Waals surface area contributed by atoms with Gasteiger partial charge in [0.15, 0.2) is 5.16 Å². The van der Waals surface area contributed by atoms with Crippen LogP contribution in [0.5, 0.6) is 0 Å². The summed E-state index contributed by atoms with van der Waals surface area (Å²) in [6.07, 6.45) is 4.23. The minimum absolute atomic E-state index is 0.0817. The maximum absolute atomic E-state index is 13.5. The highest BCUT2D eigenvalue weighted by molar-refractivity contribution is 7.99. The summed E-state index contributed by atoms with van der Waals surface area (Å²) in [7, 11) is 0. The van der Waals surface area contributed by atoms with Gasteiger partial charge in [-0.1, -0.05) is 62.0 Å². The summed E-state index contributed by atoms with van der Waals surface area (Å²) in [5.74, 6) is 1.77. The third kappa shape index (κ3) is 3.54. The Kier molecular flexibility index (Phi) is 5.11. The van der Waals surface area contributed by atoms with Gasteiger partial charge in [-0.05, 0) is 48.9 Å². The van der Waals surface area contributed by atoms with Crippen molar-refractivity contribution in [3.8, 4) is 0 Å². The third-order valence-corrected chi connectivity index (χ3v) is 6.75. The molecule has 3 aromatic rings. The quantitative estimate of drug-likeness (QED) is 0.528. The van der Waals surface area contributed by atoms with Crippen molar-refractivity contribution in [1.82, 2.24) is 14.8 Å². The molecule has 0 radical (unpaired) electrons. The maximum Gasteiger partial charge on any atom is 0.242 e. The van der Waals surface area contributed by atoms with E-state index in [9.17, 15) is 4.79 Å². The van der Waals surface area contributed by atoms with Crippen LogP contribution in [0.15, 0.2) is 53.7 Å². The van der Waals surface area contributed by atoms with Crippen molar-refractivity contribution in [3.63, 3.8) is 0 Å². The van der Waals surface area contributed by atoms with Crippen LogP contribution in [0.25, 0.3) is 0 Å². The van der Waals surface area contributed by atoms with E-state index in [2.05, 4.69) is 65.0 Å². The van der Waals surface area contributed by atoms with Gasteiger partial charge < -0.3 is 4.57 Å². The Hall–Kier alpha value is -2.60. The zero-order valence-electron chi connectivity index (χ0n) is 17.4. The fraction of sp³-hybridized carbons (Fsp3) is 0.375. The number of aromatic nitrogens is 3. The molecule has 0 unspecified atom stereocenters. The molecule has 1 amide bonds. The molecule has 2 aliphatic rings. The summed E-state index contributed by atoms with van der Waals surface area (Å²) in [6, 6.07) is 17.0. The second-order valence-corrected chi connectivity index (χ2v) is 9.31. The minimum Gasteiger partial charge on any atom is -0.303 e. The first-order valence-corrected chi connectivity index (χ1v) is 11.7. The van der Waals surface area contributed by atoms with E-state index in [1.165, 1.54) is 35.7 Å². The highest BCUT2D eigenvalue weighted by atomic mass is 32.2. The molecule has 0 atom stereocenters. The smallest absolute Gasteiger partial charge is 0.242 e. The lowest BCUT2D eigenvalue weighted by molar-refractivity contribution is -0.115. The number of hydrogen-bond donors (Lipinski definition) is 0. The van der Waals surface area contributed by atoms with Crippen molar-refractivity contribution >= 4 is 29.0 Å². The number of fused-ring (bicyclic) bond motifs is 2. The number of anilines is 2. The summed E-state index contributed by atoms with van der Waals surface area (Å²) in [5.41, 5.74) is 4.43. The first-order valence-electron chi connectivity index (χ1n) is 10.7. The molecule has 0 saturated heterocycles. The standard InChI is InChI=1S/C24H26N4OS/c1-16(2)23-25-26-24(27(23)19-13-14-19)30-15-22(29)28-20-9-5-3-7-17(20)11-12-18-8-4-6-10-21(18)28/h3-10,16,19H,11-15H2,1-2H3. The van der Waals surface area contributed by atoms with E-state index in [1.807, 2.05) is 17.0 Å². The van der Waals surface area contributed by atoms with Gasteiger partial charge in [0.1, 0.15) is 5.82 Å². The SMILES string of the molecule is CC(C)c1nnc(SCC(=O)N2c3ccccc3CCc3ccccc32)n1C1CC1. The van der Waals surface area contributed by atoms with Crippen LogP contribution in [-0.4, -0.2) is 26.4 Å².